The van der Waals surface area contributed by atoms with E-state index in [4.69, 9.17) is 4.74 Å². The number of nitrogens with one attached hydrogen (secondary N) is 1. The van der Waals surface area contributed by atoms with Crippen LogP contribution in [-0.2, 0) is 22.5 Å². The summed E-state index contributed by atoms with van der Waals surface area (Å²) in [7, 11) is 0. The lowest BCUT2D eigenvalue weighted by Gasteiger charge is -2.23. The number of nitrogens with zero attached hydrogens (tertiary/aromatic N) is 5. The molecule has 1 amide bonds. The second-order valence-electron chi connectivity index (χ2n) is 7.79. The zero-order valence-electron chi connectivity index (χ0n) is 16.3. The summed E-state index contributed by atoms with van der Waals surface area (Å²) in [6.45, 7) is 7.66. The molecule has 1 N–H and O–H groups in total. The predicted molar refractivity (Wildman–Crippen MR) is 98.9 cm³/mol. The van der Waals surface area contributed by atoms with Gasteiger partial charge in [-0.25, -0.2) is 0 Å². The maximum absolute atomic E-state index is 13.0. The summed E-state index contributed by atoms with van der Waals surface area (Å²) in [5, 5.41) is 16.2. The quantitative estimate of drug-likeness (QED) is 0.870. The van der Waals surface area contributed by atoms with Crippen molar-refractivity contribution in [2.75, 3.05) is 6.61 Å². The molecule has 0 bridgehead atoms. The maximum atomic E-state index is 13.0. The maximum Gasteiger partial charge on any atom is 0.226 e. The average Bonchev–Trinajstić information content (AvgIpc) is 3.38. The number of carbonyl (C=O) groups is 1. The molecule has 146 valence electrons. The van der Waals surface area contributed by atoms with E-state index in [2.05, 4.69) is 39.0 Å². The highest BCUT2D eigenvalue weighted by Crippen LogP contribution is 2.36. The lowest BCUT2D eigenvalue weighted by atomic mass is 9.97. The number of amides is 1. The highest BCUT2D eigenvalue weighted by atomic mass is 16.5. The second-order valence-corrected chi connectivity index (χ2v) is 7.79. The zero-order chi connectivity index (χ0) is 19.0. The summed E-state index contributed by atoms with van der Waals surface area (Å²) >= 11 is 0. The van der Waals surface area contributed by atoms with E-state index in [9.17, 15) is 4.79 Å². The first kappa shape index (κ1) is 18.2. The lowest BCUT2D eigenvalue weighted by molar-refractivity contribution is -0.127. The van der Waals surface area contributed by atoms with Crippen LogP contribution in [0.4, 0.5) is 0 Å². The molecule has 0 radical (unpaired) electrons. The minimum Gasteiger partial charge on any atom is -0.371 e. The molecule has 1 fully saturated rings. The number of aryl methyl sites for hydroxylation is 1. The molecule has 8 nitrogen and oxygen atoms in total. The average molecular weight is 372 g/mol. The Balaban J connectivity index is 1.49. The molecule has 2 aromatic rings. The van der Waals surface area contributed by atoms with Gasteiger partial charge in [-0.3, -0.25) is 9.48 Å². The first-order chi connectivity index (χ1) is 13.1. The molecule has 1 saturated heterocycles. The van der Waals surface area contributed by atoms with Crippen LogP contribution in [0.2, 0.25) is 0 Å². The smallest absolute Gasteiger partial charge is 0.226 e. The first-order valence-corrected chi connectivity index (χ1v) is 9.93. The van der Waals surface area contributed by atoms with Crippen molar-refractivity contribution in [1.82, 2.24) is 29.9 Å². The fourth-order valence-corrected chi connectivity index (χ4v) is 4.17. The van der Waals surface area contributed by atoms with Gasteiger partial charge in [0.2, 0.25) is 5.91 Å². The molecular weight excluding hydrogens is 344 g/mol. The summed E-state index contributed by atoms with van der Waals surface area (Å²) in [5.41, 5.74) is 0.968. The van der Waals surface area contributed by atoms with Gasteiger partial charge in [-0.05, 0) is 46.1 Å². The molecular formula is C19H28N6O2. The van der Waals surface area contributed by atoms with Gasteiger partial charge in [0.1, 0.15) is 11.9 Å². The summed E-state index contributed by atoms with van der Waals surface area (Å²) in [6, 6.07) is 2.01. The van der Waals surface area contributed by atoms with Crippen molar-refractivity contribution in [3.8, 4) is 0 Å². The van der Waals surface area contributed by atoms with Crippen molar-refractivity contribution in [2.45, 2.75) is 71.2 Å². The van der Waals surface area contributed by atoms with Crippen molar-refractivity contribution in [1.29, 1.82) is 0 Å². The van der Waals surface area contributed by atoms with Crippen molar-refractivity contribution in [3.63, 3.8) is 0 Å². The molecule has 2 aromatic heterocycles. The van der Waals surface area contributed by atoms with Crippen molar-refractivity contribution in [3.05, 3.63) is 29.6 Å². The lowest BCUT2D eigenvalue weighted by Crippen LogP contribution is -2.36. The molecule has 2 aliphatic rings. The Bertz CT molecular complexity index is 811. The highest BCUT2D eigenvalue weighted by Gasteiger charge is 2.38. The minimum atomic E-state index is -0.255. The zero-order valence-corrected chi connectivity index (χ0v) is 16.3. The van der Waals surface area contributed by atoms with Crippen LogP contribution in [0.5, 0.6) is 0 Å². The van der Waals surface area contributed by atoms with Crippen LogP contribution in [0.25, 0.3) is 0 Å². The third-order valence-electron chi connectivity index (χ3n) is 5.54. The van der Waals surface area contributed by atoms with E-state index < -0.39 is 0 Å². The number of fused-ring (bicyclic) bond motifs is 1. The second kappa shape index (κ2) is 7.42. The van der Waals surface area contributed by atoms with Crippen LogP contribution in [0.3, 0.4) is 0 Å². The first-order valence-electron chi connectivity index (χ1n) is 9.93. The molecule has 27 heavy (non-hydrogen) atoms. The van der Waals surface area contributed by atoms with Crippen LogP contribution in [-0.4, -0.2) is 37.1 Å². The van der Waals surface area contributed by atoms with Gasteiger partial charge in [0.15, 0.2) is 5.82 Å². The van der Waals surface area contributed by atoms with E-state index in [1.807, 2.05) is 17.7 Å². The molecule has 8 heteroatoms. The minimum absolute atomic E-state index is 0.00895. The molecule has 0 saturated carbocycles. The Labute approximate surface area is 159 Å². The number of hydrogen-bond acceptors (Lipinski definition) is 5. The molecule has 4 heterocycles. The van der Waals surface area contributed by atoms with E-state index in [0.717, 1.165) is 43.1 Å². The van der Waals surface area contributed by atoms with Gasteiger partial charge in [0.25, 0.3) is 0 Å². The summed E-state index contributed by atoms with van der Waals surface area (Å²) in [6.07, 6.45) is 5.49. The Morgan fingerprint density at radius 3 is 2.96 bits per heavy atom. The molecule has 0 aliphatic carbocycles. The van der Waals surface area contributed by atoms with Crippen LogP contribution in [0.1, 0.15) is 75.6 Å². The van der Waals surface area contributed by atoms with E-state index >= 15 is 0 Å². The molecule has 3 atom stereocenters. The Hall–Kier alpha value is -2.22. The van der Waals surface area contributed by atoms with Crippen LogP contribution < -0.4 is 5.32 Å². The largest absolute Gasteiger partial charge is 0.371 e. The van der Waals surface area contributed by atoms with Gasteiger partial charge in [0.05, 0.1) is 17.7 Å². The highest BCUT2D eigenvalue weighted by molar-refractivity contribution is 5.80. The van der Waals surface area contributed by atoms with Crippen LogP contribution >= 0.6 is 0 Å². The number of aromatic nitrogens is 5. The van der Waals surface area contributed by atoms with Crippen molar-refractivity contribution >= 4 is 5.91 Å². The molecule has 2 aliphatic heterocycles. The molecule has 4 rings (SSSR count). The van der Waals surface area contributed by atoms with Gasteiger partial charge in [-0.1, -0.05) is 0 Å². The number of rotatable bonds is 5. The SMILES string of the molecule is CC(C)n1nccc1[C@H]1OCC[C@@H]1C(=O)N[C@@H](C)c1nnc2n1CCCC2. The summed E-state index contributed by atoms with van der Waals surface area (Å²) in [4.78, 5) is 13.0. The third-order valence-corrected chi connectivity index (χ3v) is 5.54. The van der Waals surface area contributed by atoms with Gasteiger partial charge in [0, 0.05) is 31.8 Å². The standard InChI is InChI=1S/C19H28N6O2/c1-12(2)25-15(7-9-20-25)17-14(8-11-27-17)19(26)21-13(3)18-23-22-16-6-4-5-10-24(16)18/h7,9,12-14,17H,4-6,8,10-11H2,1-3H3,(H,21,26)/t13-,14-,17-/m0/s1. The fraction of sp³-hybridized carbons (Fsp3) is 0.684. The Morgan fingerprint density at radius 1 is 1.30 bits per heavy atom. The van der Waals surface area contributed by atoms with E-state index in [0.29, 0.717) is 13.0 Å². The summed E-state index contributed by atoms with van der Waals surface area (Å²) in [5.74, 6) is 1.67. The number of ether oxygens (including phenoxy) is 1. The Kier molecular flexibility index (Phi) is 4.99. The third kappa shape index (κ3) is 3.38. The van der Waals surface area contributed by atoms with E-state index in [1.54, 1.807) is 6.20 Å². The normalized spacial score (nSPS) is 23.4. The topological polar surface area (TPSA) is 86.9 Å². The molecule has 0 spiro atoms. The Morgan fingerprint density at radius 2 is 2.15 bits per heavy atom. The molecule has 0 unspecified atom stereocenters. The van der Waals surface area contributed by atoms with E-state index in [-0.39, 0.29) is 30.0 Å². The van der Waals surface area contributed by atoms with Gasteiger partial charge < -0.3 is 14.6 Å². The number of carbonyl (C=O) groups excluding carboxylic acids is 1. The number of hydrogen-bond donors (Lipinski definition) is 1. The fourth-order valence-electron chi connectivity index (χ4n) is 4.17. The summed E-state index contributed by atoms with van der Waals surface area (Å²) < 4.78 is 10.0. The predicted octanol–water partition coefficient (Wildman–Crippen LogP) is 2.35. The van der Waals surface area contributed by atoms with Gasteiger partial charge >= 0.3 is 0 Å². The van der Waals surface area contributed by atoms with Crippen molar-refractivity contribution < 1.29 is 9.53 Å². The van der Waals surface area contributed by atoms with E-state index in [1.165, 1.54) is 0 Å². The van der Waals surface area contributed by atoms with Gasteiger partial charge in [-0.15, -0.1) is 10.2 Å². The molecule has 0 aromatic carbocycles. The van der Waals surface area contributed by atoms with Crippen LogP contribution in [0, 0.1) is 5.92 Å². The van der Waals surface area contributed by atoms with Crippen molar-refractivity contribution in [2.24, 2.45) is 5.92 Å². The monoisotopic (exact) mass is 372 g/mol. The van der Waals surface area contributed by atoms with Gasteiger partial charge in [-0.2, -0.15) is 5.10 Å². The van der Waals surface area contributed by atoms with Crippen LogP contribution in [0.15, 0.2) is 12.3 Å².